The van der Waals surface area contributed by atoms with Crippen LogP contribution in [0, 0.1) is 6.92 Å². The lowest BCUT2D eigenvalue weighted by atomic mass is 10.1. The molecule has 3 aromatic rings. The molecule has 0 atom stereocenters. The molecule has 0 saturated heterocycles. The van der Waals surface area contributed by atoms with E-state index in [4.69, 9.17) is 0 Å². The van der Waals surface area contributed by atoms with Crippen LogP contribution in [0.4, 0.5) is 5.69 Å². The van der Waals surface area contributed by atoms with Gasteiger partial charge in [-0.15, -0.1) is 11.3 Å². The first-order valence-corrected chi connectivity index (χ1v) is 8.53. The van der Waals surface area contributed by atoms with Crippen LogP contribution < -0.4 is 5.32 Å². The number of thiophene rings is 1. The average molecular weight is 325 g/mol. The second-order valence-electron chi connectivity index (χ2n) is 5.63. The first kappa shape index (κ1) is 15.6. The molecule has 0 spiro atoms. The molecule has 2 aromatic carbocycles. The summed E-state index contributed by atoms with van der Waals surface area (Å²) in [5.74, 6) is -0.0716. The number of carbonyl (C=O) groups excluding carboxylic acids is 1. The molecule has 0 radical (unpaired) electrons. The van der Waals surface area contributed by atoms with Crippen LogP contribution in [0.2, 0.25) is 0 Å². The van der Waals surface area contributed by atoms with Crippen molar-refractivity contribution in [2.75, 3.05) is 5.32 Å². The minimum Gasteiger partial charge on any atom is -0.506 e. The fourth-order valence-corrected chi connectivity index (χ4v) is 3.86. The molecule has 0 aliphatic carbocycles. The first-order valence-electron chi connectivity index (χ1n) is 7.71. The maximum Gasteiger partial charge on any atom is 0.266 e. The number of benzene rings is 2. The number of fused-ring (bicyclic) bond motifs is 1. The van der Waals surface area contributed by atoms with E-state index in [1.165, 1.54) is 11.3 Å². The molecule has 0 aliphatic heterocycles. The van der Waals surface area contributed by atoms with E-state index in [1.807, 2.05) is 31.2 Å². The summed E-state index contributed by atoms with van der Waals surface area (Å²) < 4.78 is 1.12. The van der Waals surface area contributed by atoms with Gasteiger partial charge in [0.15, 0.2) is 0 Å². The Morgan fingerprint density at radius 3 is 2.78 bits per heavy atom. The number of amides is 1. The predicted molar refractivity (Wildman–Crippen MR) is 96.6 cm³/mol. The second-order valence-corrected chi connectivity index (χ2v) is 6.68. The number of carbonyl (C=O) groups is 1. The number of phenols is 1. The van der Waals surface area contributed by atoms with Crippen LogP contribution >= 0.6 is 11.3 Å². The predicted octanol–water partition coefficient (Wildman–Crippen LogP) is 5.12. The highest BCUT2D eigenvalue weighted by Gasteiger charge is 2.18. The van der Waals surface area contributed by atoms with E-state index in [2.05, 4.69) is 18.3 Å². The van der Waals surface area contributed by atoms with Gasteiger partial charge >= 0.3 is 0 Å². The van der Waals surface area contributed by atoms with Crippen LogP contribution in [0.5, 0.6) is 5.75 Å². The smallest absolute Gasteiger partial charge is 0.266 e. The van der Waals surface area contributed by atoms with Crippen molar-refractivity contribution in [1.82, 2.24) is 0 Å². The zero-order valence-electron chi connectivity index (χ0n) is 13.2. The Kier molecular flexibility index (Phi) is 4.35. The Morgan fingerprint density at radius 2 is 2.00 bits per heavy atom. The standard InChI is InChI=1S/C19H19NO2S/c1-3-6-14-13-7-4-5-8-17(13)23-18(14)19(22)20-15-11-12(2)9-10-16(15)21/h4-5,7-11,21H,3,6H2,1-2H3,(H,20,22). The molecule has 2 N–H and O–H groups in total. The fourth-order valence-electron chi connectivity index (χ4n) is 2.71. The molecular formula is C19H19NO2S. The third-order valence-corrected chi connectivity index (χ3v) is 5.02. The van der Waals surface area contributed by atoms with Crippen LogP contribution in [0.3, 0.4) is 0 Å². The van der Waals surface area contributed by atoms with Crippen LogP contribution in [0.1, 0.15) is 34.1 Å². The van der Waals surface area contributed by atoms with Crippen molar-refractivity contribution in [3.8, 4) is 5.75 Å². The molecule has 1 heterocycles. The summed E-state index contributed by atoms with van der Waals surface area (Å²) >= 11 is 1.51. The van der Waals surface area contributed by atoms with Crippen molar-refractivity contribution in [3.63, 3.8) is 0 Å². The summed E-state index contributed by atoms with van der Waals surface area (Å²) in [5, 5.41) is 13.9. The zero-order chi connectivity index (χ0) is 16.4. The van der Waals surface area contributed by atoms with Gasteiger partial charge in [-0.2, -0.15) is 0 Å². The van der Waals surface area contributed by atoms with E-state index in [0.29, 0.717) is 5.69 Å². The Morgan fingerprint density at radius 1 is 1.22 bits per heavy atom. The normalized spacial score (nSPS) is 10.9. The van der Waals surface area contributed by atoms with Crippen molar-refractivity contribution < 1.29 is 9.90 Å². The van der Waals surface area contributed by atoms with Crippen LogP contribution in [-0.4, -0.2) is 11.0 Å². The lowest BCUT2D eigenvalue weighted by molar-refractivity contribution is 0.102. The minimum absolute atomic E-state index is 0.0853. The van der Waals surface area contributed by atoms with Gasteiger partial charge in [0.05, 0.1) is 10.6 Å². The largest absolute Gasteiger partial charge is 0.506 e. The summed E-state index contributed by atoms with van der Waals surface area (Å²) in [6.07, 6.45) is 1.85. The number of nitrogens with one attached hydrogen (secondary N) is 1. The molecule has 0 fully saturated rings. The molecule has 118 valence electrons. The van der Waals surface area contributed by atoms with Crippen molar-refractivity contribution in [2.45, 2.75) is 26.7 Å². The summed E-state index contributed by atoms with van der Waals surface area (Å²) in [6, 6.07) is 13.3. The molecule has 3 rings (SSSR count). The third kappa shape index (κ3) is 3.08. The number of aromatic hydroxyl groups is 1. The highest BCUT2D eigenvalue weighted by atomic mass is 32.1. The lowest BCUT2D eigenvalue weighted by Crippen LogP contribution is -2.12. The van der Waals surface area contributed by atoms with E-state index >= 15 is 0 Å². The fraction of sp³-hybridized carbons (Fsp3) is 0.211. The summed E-state index contributed by atoms with van der Waals surface area (Å²) in [4.78, 5) is 13.5. The molecule has 0 saturated carbocycles. The Labute approximate surface area is 139 Å². The van der Waals surface area contributed by atoms with Crippen LogP contribution in [0.15, 0.2) is 42.5 Å². The number of phenolic OH excluding ortho intramolecular Hbond substituents is 1. The molecular weight excluding hydrogens is 306 g/mol. The highest BCUT2D eigenvalue weighted by Crippen LogP contribution is 2.33. The maximum absolute atomic E-state index is 12.7. The Bertz CT molecular complexity index is 867. The monoisotopic (exact) mass is 325 g/mol. The Hall–Kier alpha value is -2.33. The number of rotatable bonds is 4. The minimum atomic E-state index is -0.157. The number of hydrogen-bond donors (Lipinski definition) is 2. The second kappa shape index (κ2) is 6.42. The maximum atomic E-state index is 12.7. The molecule has 0 unspecified atom stereocenters. The molecule has 0 aliphatic rings. The third-order valence-electron chi connectivity index (χ3n) is 3.80. The molecule has 23 heavy (non-hydrogen) atoms. The molecule has 0 bridgehead atoms. The van der Waals surface area contributed by atoms with E-state index < -0.39 is 0 Å². The lowest BCUT2D eigenvalue weighted by Gasteiger charge is -2.08. The van der Waals surface area contributed by atoms with Gasteiger partial charge in [-0.1, -0.05) is 37.6 Å². The van der Waals surface area contributed by atoms with Gasteiger partial charge in [0, 0.05) is 4.70 Å². The number of aryl methyl sites for hydroxylation is 2. The molecule has 4 heteroatoms. The molecule has 3 nitrogen and oxygen atoms in total. The first-order chi connectivity index (χ1) is 11.1. The molecule has 1 amide bonds. The number of hydrogen-bond acceptors (Lipinski definition) is 3. The SMILES string of the molecule is CCCc1c(C(=O)Nc2cc(C)ccc2O)sc2ccccc12. The topological polar surface area (TPSA) is 49.3 Å². The van der Waals surface area contributed by atoms with Crippen molar-refractivity contribution in [2.24, 2.45) is 0 Å². The van der Waals surface area contributed by atoms with Gasteiger partial charge in [0.2, 0.25) is 0 Å². The highest BCUT2D eigenvalue weighted by molar-refractivity contribution is 7.21. The van der Waals surface area contributed by atoms with Crippen molar-refractivity contribution in [3.05, 3.63) is 58.5 Å². The van der Waals surface area contributed by atoms with Crippen LogP contribution in [-0.2, 0) is 6.42 Å². The van der Waals surface area contributed by atoms with Gasteiger partial charge < -0.3 is 10.4 Å². The quantitative estimate of drug-likeness (QED) is 0.654. The van der Waals surface area contributed by atoms with Crippen molar-refractivity contribution in [1.29, 1.82) is 0 Å². The van der Waals surface area contributed by atoms with E-state index in [0.717, 1.165) is 38.9 Å². The van der Waals surface area contributed by atoms with E-state index in [1.54, 1.807) is 12.1 Å². The zero-order valence-corrected chi connectivity index (χ0v) is 14.0. The van der Waals surface area contributed by atoms with Gasteiger partial charge in [-0.3, -0.25) is 4.79 Å². The van der Waals surface area contributed by atoms with E-state index in [-0.39, 0.29) is 11.7 Å². The summed E-state index contributed by atoms with van der Waals surface area (Å²) in [5.41, 5.74) is 2.54. The summed E-state index contributed by atoms with van der Waals surface area (Å²) in [7, 11) is 0. The van der Waals surface area contributed by atoms with Gasteiger partial charge in [-0.25, -0.2) is 0 Å². The van der Waals surface area contributed by atoms with Crippen LogP contribution in [0.25, 0.3) is 10.1 Å². The number of anilines is 1. The van der Waals surface area contributed by atoms with E-state index in [9.17, 15) is 9.90 Å². The average Bonchev–Trinajstić information content (AvgIpc) is 2.90. The van der Waals surface area contributed by atoms with Crippen molar-refractivity contribution >= 4 is 33.0 Å². The summed E-state index contributed by atoms with van der Waals surface area (Å²) in [6.45, 7) is 4.04. The molecule has 1 aromatic heterocycles. The Balaban J connectivity index is 2.00. The van der Waals surface area contributed by atoms with Gasteiger partial charge in [0.1, 0.15) is 5.75 Å². The van der Waals surface area contributed by atoms with Gasteiger partial charge in [-0.05, 0) is 48.1 Å². The van der Waals surface area contributed by atoms with Gasteiger partial charge in [0.25, 0.3) is 5.91 Å².